The zero-order valence-electron chi connectivity index (χ0n) is 7.43. The minimum atomic E-state index is -2.31. The molecule has 2 amide bonds. The number of methoxy groups -OCH3 is 1. The molecule has 1 N–H and O–H groups in total. The summed E-state index contributed by atoms with van der Waals surface area (Å²) in [6.07, 6.45) is -0.526. The Balaban J connectivity index is 2.28. The lowest BCUT2D eigenvalue weighted by atomic mass is 10.0. The van der Waals surface area contributed by atoms with Crippen LogP contribution in [0, 0.1) is 5.41 Å². The van der Waals surface area contributed by atoms with Gasteiger partial charge < -0.3 is 4.74 Å². The number of esters is 1. The van der Waals surface area contributed by atoms with Crippen LogP contribution >= 0.6 is 0 Å². The molecule has 76 valence electrons. The lowest BCUT2D eigenvalue weighted by Crippen LogP contribution is -2.32. The van der Waals surface area contributed by atoms with Gasteiger partial charge in [0.2, 0.25) is 17.5 Å². The van der Waals surface area contributed by atoms with Crippen molar-refractivity contribution in [3.63, 3.8) is 0 Å². The van der Waals surface area contributed by atoms with Crippen molar-refractivity contribution in [1.29, 1.82) is 0 Å². The van der Waals surface area contributed by atoms with Crippen molar-refractivity contribution >= 4 is 17.8 Å². The molecule has 1 aliphatic heterocycles. The molecule has 2 atom stereocenters. The molecule has 0 aromatic heterocycles. The van der Waals surface area contributed by atoms with Crippen LogP contribution in [0.2, 0.25) is 0 Å². The fraction of sp³-hybridized carbons (Fsp3) is 0.625. The van der Waals surface area contributed by atoms with Crippen LogP contribution in [0.1, 0.15) is 12.8 Å². The minimum absolute atomic E-state index is 0.260. The summed E-state index contributed by atoms with van der Waals surface area (Å²) in [5, 5.41) is 1.98. The van der Waals surface area contributed by atoms with Gasteiger partial charge in [-0.15, -0.1) is 0 Å². The smallest absolute Gasteiger partial charge is 0.344 e. The Labute approximate surface area is 78.6 Å². The molecule has 1 heterocycles. The summed E-state index contributed by atoms with van der Waals surface area (Å²) in [6, 6.07) is 0. The van der Waals surface area contributed by atoms with Gasteiger partial charge in [0.25, 0.3) is 0 Å². The lowest BCUT2D eigenvalue weighted by molar-refractivity contribution is -0.151. The van der Waals surface area contributed by atoms with Gasteiger partial charge in [0.15, 0.2) is 0 Å². The van der Waals surface area contributed by atoms with Gasteiger partial charge in [-0.1, -0.05) is 0 Å². The number of rotatable bonds is 1. The highest BCUT2D eigenvalue weighted by Crippen LogP contribution is 2.63. The fourth-order valence-electron chi connectivity index (χ4n) is 1.91. The Hall–Kier alpha value is -1.46. The van der Waals surface area contributed by atoms with Crippen LogP contribution in [-0.2, 0) is 19.1 Å². The summed E-state index contributed by atoms with van der Waals surface area (Å²) in [5.41, 5.74) is -3.80. The fourth-order valence-corrected chi connectivity index (χ4v) is 1.91. The number of hydrogen-bond donors (Lipinski definition) is 1. The van der Waals surface area contributed by atoms with Gasteiger partial charge in [-0.25, -0.2) is 9.18 Å². The maximum atomic E-state index is 13.8. The van der Waals surface area contributed by atoms with Crippen LogP contribution < -0.4 is 5.32 Å². The van der Waals surface area contributed by atoms with Crippen LogP contribution in [0.3, 0.4) is 0 Å². The van der Waals surface area contributed by atoms with E-state index < -0.39 is 28.9 Å². The molecule has 1 spiro atoms. The number of alkyl halides is 1. The summed E-state index contributed by atoms with van der Waals surface area (Å²) >= 11 is 0. The first-order chi connectivity index (χ1) is 6.46. The predicted octanol–water partition coefficient (Wildman–Crippen LogP) is -0.696. The predicted molar refractivity (Wildman–Crippen MR) is 40.7 cm³/mol. The van der Waals surface area contributed by atoms with E-state index in [2.05, 4.69) is 4.74 Å². The summed E-state index contributed by atoms with van der Waals surface area (Å²) in [7, 11) is 1.05. The average molecular weight is 201 g/mol. The van der Waals surface area contributed by atoms with E-state index in [0.29, 0.717) is 0 Å². The summed E-state index contributed by atoms with van der Waals surface area (Å²) in [5.74, 6) is -2.34. The quantitative estimate of drug-likeness (QED) is 0.450. The third-order valence-corrected chi connectivity index (χ3v) is 2.84. The number of imide groups is 1. The Morgan fingerprint density at radius 3 is 2.64 bits per heavy atom. The van der Waals surface area contributed by atoms with Crippen molar-refractivity contribution in [2.24, 2.45) is 5.41 Å². The van der Waals surface area contributed by atoms with E-state index in [1.54, 1.807) is 0 Å². The molecule has 2 aliphatic rings. The zero-order chi connectivity index (χ0) is 10.6. The van der Waals surface area contributed by atoms with Crippen molar-refractivity contribution in [1.82, 2.24) is 5.32 Å². The highest BCUT2D eigenvalue weighted by atomic mass is 19.1. The van der Waals surface area contributed by atoms with E-state index in [1.807, 2.05) is 5.32 Å². The Morgan fingerprint density at radius 2 is 2.21 bits per heavy atom. The van der Waals surface area contributed by atoms with Gasteiger partial charge in [-0.05, 0) is 0 Å². The number of carbonyl (C=O) groups excluding carboxylic acids is 3. The minimum Gasteiger partial charge on any atom is -0.467 e. The Bertz CT molecular complexity index is 355. The molecule has 0 aromatic carbocycles. The molecule has 2 rings (SSSR count). The lowest BCUT2D eigenvalue weighted by Gasteiger charge is -2.08. The second-order valence-electron chi connectivity index (χ2n) is 3.61. The van der Waals surface area contributed by atoms with E-state index in [9.17, 15) is 18.8 Å². The Morgan fingerprint density at radius 1 is 1.57 bits per heavy atom. The average Bonchev–Trinajstić information content (AvgIpc) is 2.61. The molecular formula is C8H8FNO4. The van der Waals surface area contributed by atoms with Crippen molar-refractivity contribution in [2.45, 2.75) is 18.5 Å². The van der Waals surface area contributed by atoms with Crippen molar-refractivity contribution in [3.05, 3.63) is 0 Å². The maximum absolute atomic E-state index is 13.8. The van der Waals surface area contributed by atoms with Gasteiger partial charge >= 0.3 is 5.97 Å². The molecule has 0 aromatic rings. The van der Waals surface area contributed by atoms with Gasteiger partial charge in [-0.3, -0.25) is 14.9 Å². The summed E-state index contributed by atoms with van der Waals surface area (Å²) in [4.78, 5) is 33.1. The van der Waals surface area contributed by atoms with Crippen molar-refractivity contribution in [2.75, 3.05) is 7.11 Å². The normalized spacial score (nSPS) is 39.9. The third kappa shape index (κ3) is 0.804. The molecule has 1 aliphatic carbocycles. The maximum Gasteiger partial charge on any atom is 0.344 e. The van der Waals surface area contributed by atoms with Crippen molar-refractivity contribution in [3.8, 4) is 0 Å². The van der Waals surface area contributed by atoms with Crippen LogP contribution in [0.4, 0.5) is 4.39 Å². The molecule has 6 heteroatoms. The summed E-state index contributed by atoms with van der Waals surface area (Å²) < 4.78 is 18.0. The molecule has 5 nitrogen and oxygen atoms in total. The first-order valence-electron chi connectivity index (χ1n) is 4.08. The molecule has 2 unspecified atom stereocenters. The highest BCUT2D eigenvalue weighted by molar-refractivity contribution is 6.12. The van der Waals surface area contributed by atoms with Crippen molar-refractivity contribution < 1.29 is 23.5 Å². The van der Waals surface area contributed by atoms with E-state index in [4.69, 9.17) is 0 Å². The van der Waals surface area contributed by atoms with E-state index in [0.717, 1.165) is 7.11 Å². The van der Waals surface area contributed by atoms with E-state index >= 15 is 0 Å². The number of ether oxygens (including phenoxy) is 1. The molecule has 0 radical (unpaired) electrons. The third-order valence-electron chi connectivity index (χ3n) is 2.84. The van der Waals surface area contributed by atoms with Crippen LogP contribution in [-0.4, -0.2) is 30.6 Å². The Kier molecular flexibility index (Phi) is 1.51. The SMILES string of the molecule is COC(=O)C1(F)CC12CC(=O)NC2=O. The molecule has 1 saturated heterocycles. The number of carbonyl (C=O) groups is 3. The van der Waals surface area contributed by atoms with Crippen LogP contribution in [0.15, 0.2) is 0 Å². The molecule has 2 fully saturated rings. The second-order valence-corrected chi connectivity index (χ2v) is 3.61. The standard InChI is InChI=1S/C8H8FNO4/c1-14-6(13)8(9)3-7(8)2-4(11)10-5(7)12/h2-3H2,1H3,(H,10,11,12). The van der Waals surface area contributed by atoms with Crippen LogP contribution in [0.25, 0.3) is 0 Å². The first-order valence-corrected chi connectivity index (χ1v) is 4.08. The second kappa shape index (κ2) is 2.31. The van der Waals surface area contributed by atoms with E-state index in [1.165, 1.54) is 0 Å². The number of halogens is 1. The topological polar surface area (TPSA) is 72.5 Å². The summed E-state index contributed by atoms with van der Waals surface area (Å²) in [6.45, 7) is 0. The van der Waals surface area contributed by atoms with Gasteiger partial charge in [-0.2, -0.15) is 0 Å². The van der Waals surface area contributed by atoms with Gasteiger partial charge in [0.1, 0.15) is 5.41 Å². The largest absolute Gasteiger partial charge is 0.467 e. The number of amides is 2. The number of nitrogens with one attached hydrogen (secondary N) is 1. The molecule has 1 saturated carbocycles. The monoisotopic (exact) mass is 201 g/mol. The van der Waals surface area contributed by atoms with Gasteiger partial charge in [0, 0.05) is 12.8 Å². The first kappa shape index (κ1) is 9.11. The molecule has 14 heavy (non-hydrogen) atoms. The molecule has 0 bridgehead atoms. The highest BCUT2D eigenvalue weighted by Gasteiger charge is 2.81. The van der Waals surface area contributed by atoms with Crippen LogP contribution in [0.5, 0.6) is 0 Å². The molecular weight excluding hydrogens is 193 g/mol. The van der Waals surface area contributed by atoms with E-state index in [-0.39, 0.29) is 12.8 Å². The number of hydrogen-bond acceptors (Lipinski definition) is 4. The zero-order valence-corrected chi connectivity index (χ0v) is 7.43. The van der Waals surface area contributed by atoms with Gasteiger partial charge in [0.05, 0.1) is 7.11 Å².